The molecule has 2 aromatic carbocycles. The summed E-state index contributed by atoms with van der Waals surface area (Å²) in [5, 5.41) is 10.4. The second-order valence-electron chi connectivity index (χ2n) is 9.94. The van der Waals surface area contributed by atoms with Crippen molar-refractivity contribution >= 4 is 22.6 Å². The lowest BCUT2D eigenvalue weighted by Gasteiger charge is -2.55. The minimum Gasteiger partial charge on any atom is -0.496 e. The molecule has 5 rings (SSSR count). The maximum Gasteiger partial charge on any atom is 0.335 e. The number of aryl methyl sites for hydroxylation is 1. The molecule has 0 bridgehead atoms. The van der Waals surface area contributed by atoms with Crippen LogP contribution in [0.4, 0.5) is 14.5 Å². The Balaban J connectivity index is 1.54. The van der Waals surface area contributed by atoms with E-state index in [0.29, 0.717) is 31.6 Å². The summed E-state index contributed by atoms with van der Waals surface area (Å²) in [7, 11) is 1.65. The number of aromatic carboxylic acids is 1. The number of nitrogens with two attached hydrogens (primary N) is 1. The molecule has 2 aliphatic rings. The van der Waals surface area contributed by atoms with E-state index in [4.69, 9.17) is 10.5 Å². The molecule has 3 aromatic rings. The largest absolute Gasteiger partial charge is 0.496 e. The molecule has 34 heavy (non-hydrogen) atoms. The number of rotatable bonds is 5. The highest BCUT2D eigenvalue weighted by Crippen LogP contribution is 2.61. The zero-order valence-electron chi connectivity index (χ0n) is 19.3. The van der Waals surface area contributed by atoms with Gasteiger partial charge in [0.15, 0.2) is 0 Å². The number of nitrogens with zero attached hydrogens (tertiary/aromatic N) is 1. The van der Waals surface area contributed by atoms with Crippen LogP contribution in [0.1, 0.15) is 58.8 Å². The van der Waals surface area contributed by atoms with Gasteiger partial charge in [0.1, 0.15) is 5.75 Å². The van der Waals surface area contributed by atoms with Crippen molar-refractivity contribution < 1.29 is 23.4 Å². The van der Waals surface area contributed by atoms with Crippen molar-refractivity contribution in [2.45, 2.75) is 51.1 Å². The normalized spacial score (nSPS) is 21.5. The first-order chi connectivity index (χ1) is 16.1. The zero-order valence-corrected chi connectivity index (χ0v) is 19.3. The van der Waals surface area contributed by atoms with Crippen molar-refractivity contribution in [1.29, 1.82) is 0 Å². The van der Waals surface area contributed by atoms with E-state index in [0.717, 1.165) is 33.3 Å². The van der Waals surface area contributed by atoms with Gasteiger partial charge in [0.05, 0.1) is 12.7 Å². The van der Waals surface area contributed by atoms with Crippen molar-refractivity contribution in [1.82, 2.24) is 9.88 Å². The molecule has 180 valence electrons. The Kier molecular flexibility index (Phi) is 5.31. The Morgan fingerprint density at radius 3 is 2.71 bits per heavy atom. The third-order valence-electron chi connectivity index (χ3n) is 7.65. The van der Waals surface area contributed by atoms with Crippen LogP contribution in [0.5, 0.6) is 5.75 Å². The molecule has 6 nitrogen and oxygen atoms in total. The predicted octanol–water partition coefficient (Wildman–Crippen LogP) is 5.52. The molecule has 1 atom stereocenters. The molecule has 1 saturated carbocycles. The number of carboxylic acids is 1. The highest BCUT2D eigenvalue weighted by Gasteiger charge is 2.58. The molecule has 1 aliphatic heterocycles. The number of halogens is 2. The van der Waals surface area contributed by atoms with Crippen LogP contribution in [0.3, 0.4) is 0 Å². The van der Waals surface area contributed by atoms with E-state index in [1.54, 1.807) is 19.2 Å². The Labute approximate surface area is 196 Å². The van der Waals surface area contributed by atoms with E-state index >= 15 is 0 Å². The molecule has 1 unspecified atom stereocenters. The average Bonchev–Trinajstić information content (AvgIpc) is 3.26. The molecular weight excluding hydrogens is 440 g/mol. The number of nitrogen functional groups attached to an aromatic ring is 1. The van der Waals surface area contributed by atoms with Gasteiger partial charge >= 0.3 is 5.97 Å². The molecule has 0 radical (unpaired) electrons. The van der Waals surface area contributed by atoms with Gasteiger partial charge in [0, 0.05) is 53.8 Å². The highest BCUT2D eigenvalue weighted by molar-refractivity contribution is 5.89. The molecule has 1 aromatic heterocycles. The van der Waals surface area contributed by atoms with Gasteiger partial charge in [0.25, 0.3) is 0 Å². The first-order valence-electron chi connectivity index (χ1n) is 11.5. The molecule has 0 amide bonds. The number of hydrogen-bond acceptors (Lipinski definition) is 4. The van der Waals surface area contributed by atoms with Crippen LogP contribution in [0.2, 0.25) is 0 Å². The van der Waals surface area contributed by atoms with Crippen LogP contribution >= 0.6 is 0 Å². The number of H-pyrrole nitrogens is 1. The van der Waals surface area contributed by atoms with Crippen molar-refractivity contribution in [2.24, 2.45) is 5.41 Å². The van der Waals surface area contributed by atoms with Crippen LogP contribution in [-0.2, 0) is 6.54 Å². The topological polar surface area (TPSA) is 91.6 Å². The monoisotopic (exact) mass is 469 g/mol. The van der Waals surface area contributed by atoms with Gasteiger partial charge in [-0.05, 0) is 67.1 Å². The Bertz CT molecular complexity index is 1260. The maximum atomic E-state index is 13.9. The fourth-order valence-electron chi connectivity index (χ4n) is 6.04. The van der Waals surface area contributed by atoms with E-state index in [-0.39, 0.29) is 24.4 Å². The lowest BCUT2D eigenvalue weighted by Crippen LogP contribution is -2.53. The number of anilines is 1. The molecular formula is C26H29F2N3O3. The Hall–Kier alpha value is -3.13. The number of alkyl halides is 2. The van der Waals surface area contributed by atoms with Crippen molar-refractivity contribution in [3.63, 3.8) is 0 Å². The number of piperidine rings is 1. The van der Waals surface area contributed by atoms with Crippen molar-refractivity contribution in [2.75, 3.05) is 19.4 Å². The number of carbonyl (C=O) groups is 1. The van der Waals surface area contributed by atoms with E-state index in [9.17, 15) is 18.7 Å². The number of ether oxygens (including phenoxy) is 1. The third-order valence-corrected chi connectivity index (χ3v) is 7.65. The van der Waals surface area contributed by atoms with Gasteiger partial charge < -0.3 is 20.6 Å². The van der Waals surface area contributed by atoms with Gasteiger partial charge in [0.2, 0.25) is 5.92 Å². The van der Waals surface area contributed by atoms with Gasteiger partial charge in [-0.3, -0.25) is 4.90 Å². The number of aromatic amines is 1. The number of likely N-dealkylation sites (tertiary alicyclic amines) is 1. The summed E-state index contributed by atoms with van der Waals surface area (Å²) in [5.74, 6) is -2.87. The van der Waals surface area contributed by atoms with Crippen LogP contribution in [0.25, 0.3) is 10.9 Å². The quantitative estimate of drug-likeness (QED) is 0.428. The zero-order chi connectivity index (χ0) is 24.3. The summed E-state index contributed by atoms with van der Waals surface area (Å²) < 4.78 is 33.6. The summed E-state index contributed by atoms with van der Waals surface area (Å²) in [6.07, 6.45) is 2.95. The summed E-state index contributed by atoms with van der Waals surface area (Å²) in [6, 6.07) is 8.58. The summed E-state index contributed by atoms with van der Waals surface area (Å²) in [4.78, 5) is 17.0. The fraction of sp³-hybridized carbons (Fsp3) is 0.423. The Morgan fingerprint density at radius 2 is 2.06 bits per heavy atom. The molecule has 1 saturated heterocycles. The lowest BCUT2D eigenvalue weighted by atomic mass is 9.59. The summed E-state index contributed by atoms with van der Waals surface area (Å²) >= 11 is 0. The fourth-order valence-corrected chi connectivity index (χ4v) is 6.04. The second kappa shape index (κ2) is 7.98. The van der Waals surface area contributed by atoms with E-state index in [1.807, 2.05) is 25.3 Å². The highest BCUT2D eigenvalue weighted by atomic mass is 19.3. The summed E-state index contributed by atoms with van der Waals surface area (Å²) in [5.41, 5.74) is 10.4. The minimum atomic E-state index is -2.61. The Morgan fingerprint density at radius 1 is 1.29 bits per heavy atom. The lowest BCUT2D eigenvalue weighted by molar-refractivity contribution is -0.186. The van der Waals surface area contributed by atoms with E-state index in [1.165, 1.54) is 6.07 Å². The minimum absolute atomic E-state index is 0.104. The maximum absolute atomic E-state index is 13.9. The smallest absolute Gasteiger partial charge is 0.335 e. The van der Waals surface area contributed by atoms with E-state index < -0.39 is 17.3 Å². The number of benzene rings is 2. The van der Waals surface area contributed by atoms with Crippen molar-refractivity contribution in [3.8, 4) is 5.75 Å². The molecule has 1 spiro atoms. The first-order valence-corrected chi connectivity index (χ1v) is 11.5. The van der Waals surface area contributed by atoms with Crippen LogP contribution in [-0.4, -0.2) is 40.5 Å². The van der Waals surface area contributed by atoms with Gasteiger partial charge in [-0.2, -0.15) is 0 Å². The van der Waals surface area contributed by atoms with Crippen molar-refractivity contribution in [3.05, 3.63) is 58.8 Å². The van der Waals surface area contributed by atoms with E-state index in [2.05, 4.69) is 9.88 Å². The number of fused-ring (bicyclic) bond motifs is 1. The summed E-state index contributed by atoms with van der Waals surface area (Å²) in [6.45, 7) is 3.24. The molecule has 1 aliphatic carbocycles. The SMILES string of the molecule is COc1cc(C)c2[nH]ccc2c1CN1CCC2(CC1c1ccc(C(=O)O)cc1N)CC(F)(F)C2. The molecule has 2 fully saturated rings. The molecule has 2 heterocycles. The number of aromatic nitrogens is 1. The number of methoxy groups -OCH3 is 1. The van der Waals surface area contributed by atoms with Crippen LogP contribution in [0.15, 0.2) is 36.5 Å². The van der Waals surface area contributed by atoms with Gasteiger partial charge in [-0.15, -0.1) is 0 Å². The second-order valence-corrected chi connectivity index (χ2v) is 9.94. The predicted molar refractivity (Wildman–Crippen MR) is 126 cm³/mol. The number of hydrogen-bond donors (Lipinski definition) is 3. The average molecular weight is 470 g/mol. The number of carboxylic acid groups (broad SMARTS) is 1. The first kappa shape index (κ1) is 22.7. The molecule has 8 heteroatoms. The van der Waals surface area contributed by atoms with Gasteiger partial charge in [-0.25, -0.2) is 13.6 Å². The standard InChI is InChI=1S/C26H29F2N3O3/c1-15-9-22(34-2)19(17-5-7-30-23(15)17)12-31-8-6-25(13-26(27,28)14-25)11-21(31)18-4-3-16(24(32)33)10-20(18)29/h3-5,7,9-10,21,30H,6,8,11-14,29H2,1-2H3,(H,32,33). The molecule has 4 N–H and O–H groups in total. The third kappa shape index (κ3) is 3.79. The number of nitrogens with one attached hydrogen (secondary N) is 1. The van der Waals surface area contributed by atoms with Gasteiger partial charge in [-0.1, -0.05) is 6.07 Å². The van der Waals surface area contributed by atoms with Crippen LogP contribution in [0, 0.1) is 12.3 Å². The van der Waals surface area contributed by atoms with Crippen LogP contribution < -0.4 is 10.5 Å².